The van der Waals surface area contributed by atoms with Gasteiger partial charge in [-0.05, 0) is 47.9 Å². The van der Waals surface area contributed by atoms with E-state index in [4.69, 9.17) is 4.74 Å². The van der Waals surface area contributed by atoms with Crippen LogP contribution in [0.15, 0.2) is 78.9 Å². The van der Waals surface area contributed by atoms with Gasteiger partial charge >= 0.3 is 12.0 Å². The first-order valence-electron chi connectivity index (χ1n) is 9.65. The van der Waals surface area contributed by atoms with Crippen molar-refractivity contribution in [3.05, 3.63) is 90.0 Å². The molecule has 0 unspecified atom stereocenters. The molecular formula is C24H22N2O5. The number of esters is 1. The lowest BCUT2D eigenvalue weighted by Gasteiger charge is -2.13. The second-order valence-corrected chi connectivity index (χ2v) is 6.83. The number of imide groups is 1. The van der Waals surface area contributed by atoms with Gasteiger partial charge in [0.05, 0.1) is 5.56 Å². The number of phenols is 1. The highest BCUT2D eigenvalue weighted by atomic mass is 16.5. The number of benzene rings is 3. The molecule has 0 aliphatic carbocycles. The van der Waals surface area contributed by atoms with Crippen molar-refractivity contribution in [1.82, 2.24) is 10.6 Å². The summed E-state index contributed by atoms with van der Waals surface area (Å²) >= 11 is 0. The van der Waals surface area contributed by atoms with E-state index in [0.717, 1.165) is 16.7 Å². The van der Waals surface area contributed by atoms with Gasteiger partial charge in [-0.1, -0.05) is 54.6 Å². The van der Waals surface area contributed by atoms with Crippen LogP contribution in [0.5, 0.6) is 5.75 Å². The molecule has 3 aromatic rings. The zero-order valence-electron chi connectivity index (χ0n) is 16.9. The number of aromatic hydroxyl groups is 1. The zero-order chi connectivity index (χ0) is 22.2. The normalized spacial score (nSPS) is 11.3. The van der Waals surface area contributed by atoms with Crippen molar-refractivity contribution in [2.75, 3.05) is 0 Å². The van der Waals surface area contributed by atoms with E-state index in [2.05, 4.69) is 10.6 Å². The minimum Gasteiger partial charge on any atom is -0.508 e. The van der Waals surface area contributed by atoms with Crippen molar-refractivity contribution < 1.29 is 24.2 Å². The summed E-state index contributed by atoms with van der Waals surface area (Å²) in [6.07, 6.45) is -1.15. The number of carbonyl (C=O) groups is 3. The molecule has 0 saturated heterocycles. The Kier molecular flexibility index (Phi) is 7.01. The lowest BCUT2D eigenvalue weighted by molar-refractivity contribution is -0.127. The van der Waals surface area contributed by atoms with Crippen molar-refractivity contribution >= 4 is 17.9 Å². The van der Waals surface area contributed by atoms with Gasteiger partial charge in [0.2, 0.25) is 0 Å². The van der Waals surface area contributed by atoms with Gasteiger partial charge in [0.1, 0.15) is 5.75 Å². The van der Waals surface area contributed by atoms with E-state index in [1.54, 1.807) is 48.5 Å². The molecule has 0 fully saturated rings. The fraction of sp³-hybridized carbons (Fsp3) is 0.125. The predicted octanol–water partition coefficient (Wildman–Crippen LogP) is 3.63. The highest BCUT2D eigenvalue weighted by Crippen LogP contribution is 2.22. The van der Waals surface area contributed by atoms with Gasteiger partial charge in [-0.15, -0.1) is 0 Å². The Balaban J connectivity index is 1.50. The molecule has 0 spiro atoms. The van der Waals surface area contributed by atoms with Gasteiger partial charge in [0.25, 0.3) is 5.91 Å². The standard InChI is InChI=1S/C24H22N2O5/c1-16(22(28)26-24(30)25-15-17-5-3-2-4-6-17)31-23(29)20-9-7-18(8-10-20)19-11-13-21(27)14-12-19/h2-14,16,27H,15H2,1H3,(H2,25,26,28,30)/t16-/m0/s1. The largest absolute Gasteiger partial charge is 0.508 e. The molecule has 0 aliphatic heterocycles. The molecule has 1 atom stereocenters. The first kappa shape index (κ1) is 21.6. The number of phenolic OH excluding ortho intramolecular Hbond substituents is 1. The Labute approximate surface area is 179 Å². The number of amides is 3. The molecule has 7 heteroatoms. The second-order valence-electron chi connectivity index (χ2n) is 6.83. The van der Waals surface area contributed by atoms with E-state index in [1.807, 2.05) is 30.3 Å². The fourth-order valence-electron chi connectivity index (χ4n) is 2.77. The van der Waals surface area contributed by atoms with Crippen LogP contribution in [0.4, 0.5) is 4.79 Å². The summed E-state index contributed by atoms with van der Waals surface area (Å²) in [6.45, 7) is 1.66. The fourth-order valence-corrected chi connectivity index (χ4v) is 2.77. The number of ether oxygens (including phenoxy) is 1. The minimum absolute atomic E-state index is 0.171. The maximum Gasteiger partial charge on any atom is 0.338 e. The van der Waals surface area contributed by atoms with E-state index in [9.17, 15) is 19.5 Å². The number of rotatable bonds is 6. The molecule has 31 heavy (non-hydrogen) atoms. The number of carbonyl (C=O) groups excluding carboxylic acids is 3. The first-order valence-corrected chi connectivity index (χ1v) is 9.65. The van der Waals surface area contributed by atoms with Crippen LogP contribution >= 0.6 is 0 Å². The summed E-state index contributed by atoms with van der Waals surface area (Å²) in [5, 5.41) is 14.1. The van der Waals surface area contributed by atoms with Gasteiger partial charge in [-0.3, -0.25) is 10.1 Å². The Morgan fingerprint density at radius 2 is 1.45 bits per heavy atom. The Hall–Kier alpha value is -4.13. The quantitative estimate of drug-likeness (QED) is 0.530. The maximum atomic E-state index is 12.3. The monoisotopic (exact) mass is 418 g/mol. The molecule has 3 amide bonds. The van der Waals surface area contributed by atoms with Crippen molar-refractivity contribution in [2.24, 2.45) is 0 Å². The third-order valence-electron chi connectivity index (χ3n) is 4.51. The Bertz CT molecular complexity index is 1050. The molecule has 3 rings (SSSR count). The van der Waals surface area contributed by atoms with E-state index in [1.165, 1.54) is 6.92 Å². The van der Waals surface area contributed by atoms with Gasteiger partial charge in [0.15, 0.2) is 6.10 Å². The van der Waals surface area contributed by atoms with Crippen LogP contribution in [0.1, 0.15) is 22.8 Å². The average molecular weight is 418 g/mol. The molecule has 0 saturated carbocycles. The molecule has 0 radical (unpaired) electrons. The van der Waals surface area contributed by atoms with Crippen molar-refractivity contribution in [3.63, 3.8) is 0 Å². The molecule has 3 N–H and O–H groups in total. The highest BCUT2D eigenvalue weighted by molar-refractivity contribution is 5.98. The van der Waals surface area contributed by atoms with E-state index in [-0.39, 0.29) is 17.9 Å². The van der Waals surface area contributed by atoms with Gasteiger partial charge < -0.3 is 15.2 Å². The smallest absolute Gasteiger partial charge is 0.338 e. The van der Waals surface area contributed by atoms with Crippen LogP contribution in [-0.4, -0.2) is 29.1 Å². The number of nitrogens with one attached hydrogen (secondary N) is 2. The topological polar surface area (TPSA) is 105 Å². The summed E-state index contributed by atoms with van der Waals surface area (Å²) in [5.41, 5.74) is 2.90. The summed E-state index contributed by atoms with van der Waals surface area (Å²) in [4.78, 5) is 36.3. The second kappa shape index (κ2) is 10.1. The van der Waals surface area contributed by atoms with Crippen LogP contribution in [-0.2, 0) is 16.1 Å². The van der Waals surface area contributed by atoms with Gasteiger partial charge in [-0.25, -0.2) is 9.59 Å². The van der Waals surface area contributed by atoms with E-state index in [0.29, 0.717) is 0 Å². The van der Waals surface area contributed by atoms with Crippen molar-refractivity contribution in [3.8, 4) is 16.9 Å². The lowest BCUT2D eigenvalue weighted by Crippen LogP contribution is -2.44. The third-order valence-corrected chi connectivity index (χ3v) is 4.51. The highest BCUT2D eigenvalue weighted by Gasteiger charge is 2.20. The lowest BCUT2D eigenvalue weighted by atomic mass is 10.0. The van der Waals surface area contributed by atoms with Crippen LogP contribution in [0.3, 0.4) is 0 Å². The van der Waals surface area contributed by atoms with E-state index >= 15 is 0 Å². The first-order chi connectivity index (χ1) is 14.9. The van der Waals surface area contributed by atoms with Gasteiger partial charge in [0, 0.05) is 6.54 Å². The molecule has 0 aliphatic rings. The van der Waals surface area contributed by atoms with Crippen LogP contribution in [0, 0.1) is 0 Å². The summed E-state index contributed by atoms with van der Waals surface area (Å²) < 4.78 is 5.16. The number of hydrogen-bond acceptors (Lipinski definition) is 5. The summed E-state index contributed by atoms with van der Waals surface area (Å²) in [6, 6.07) is 21.9. The number of urea groups is 1. The number of hydrogen-bond donors (Lipinski definition) is 3. The third kappa shape index (κ3) is 6.17. The molecule has 0 bridgehead atoms. The van der Waals surface area contributed by atoms with Gasteiger partial charge in [-0.2, -0.15) is 0 Å². The molecular weight excluding hydrogens is 396 g/mol. The SMILES string of the molecule is C[C@H](OC(=O)c1ccc(-c2ccc(O)cc2)cc1)C(=O)NC(=O)NCc1ccccc1. The molecule has 158 valence electrons. The average Bonchev–Trinajstić information content (AvgIpc) is 2.79. The molecule has 0 heterocycles. The molecule has 7 nitrogen and oxygen atoms in total. The summed E-state index contributed by atoms with van der Waals surface area (Å²) in [7, 11) is 0. The predicted molar refractivity (Wildman–Crippen MR) is 115 cm³/mol. The zero-order valence-corrected chi connectivity index (χ0v) is 16.9. The Morgan fingerprint density at radius 3 is 2.06 bits per heavy atom. The van der Waals surface area contributed by atoms with Crippen molar-refractivity contribution in [1.29, 1.82) is 0 Å². The van der Waals surface area contributed by atoms with Crippen molar-refractivity contribution in [2.45, 2.75) is 19.6 Å². The van der Waals surface area contributed by atoms with E-state index < -0.39 is 24.0 Å². The minimum atomic E-state index is -1.15. The molecule has 3 aromatic carbocycles. The van der Waals surface area contributed by atoms with Crippen LogP contribution in [0.25, 0.3) is 11.1 Å². The van der Waals surface area contributed by atoms with Crippen LogP contribution in [0.2, 0.25) is 0 Å². The maximum absolute atomic E-state index is 12.3. The molecule has 0 aromatic heterocycles. The van der Waals surface area contributed by atoms with Crippen LogP contribution < -0.4 is 10.6 Å². The Morgan fingerprint density at radius 1 is 0.871 bits per heavy atom. The summed E-state index contributed by atoms with van der Waals surface area (Å²) in [5.74, 6) is -1.23.